The van der Waals surface area contributed by atoms with Crippen LogP contribution in [0, 0.1) is 18.3 Å². The molecule has 0 unspecified atom stereocenters. The summed E-state index contributed by atoms with van der Waals surface area (Å²) in [4.78, 5) is 45.4. The van der Waals surface area contributed by atoms with Gasteiger partial charge in [0, 0.05) is 45.1 Å². The van der Waals surface area contributed by atoms with Crippen LogP contribution in [0.1, 0.15) is 40.1 Å². The zero-order valence-corrected chi connectivity index (χ0v) is 16.8. The molecular formula is C18H25N3O5S. The maximum atomic E-state index is 13.0. The molecule has 3 rings (SSSR count). The summed E-state index contributed by atoms with van der Waals surface area (Å²) in [6, 6.07) is 0. The van der Waals surface area contributed by atoms with Crippen LogP contribution in [-0.4, -0.2) is 77.6 Å². The van der Waals surface area contributed by atoms with Gasteiger partial charge in [-0.05, 0) is 6.92 Å². The molecule has 2 atom stereocenters. The van der Waals surface area contributed by atoms with Gasteiger partial charge in [0.15, 0.2) is 0 Å². The Kier molecular flexibility index (Phi) is 5.27. The van der Waals surface area contributed by atoms with Crippen LogP contribution >= 0.6 is 11.3 Å². The van der Waals surface area contributed by atoms with Crippen molar-refractivity contribution in [3.05, 3.63) is 15.6 Å². The minimum absolute atomic E-state index is 0.0664. The predicted octanol–water partition coefficient (Wildman–Crippen LogP) is 1.21. The Morgan fingerprint density at radius 1 is 1.30 bits per heavy atom. The third-order valence-electron chi connectivity index (χ3n) is 5.44. The van der Waals surface area contributed by atoms with Gasteiger partial charge >= 0.3 is 5.97 Å². The van der Waals surface area contributed by atoms with E-state index in [0.29, 0.717) is 23.7 Å². The number of hydrogen-bond acceptors (Lipinski definition) is 6. The first-order valence-corrected chi connectivity index (χ1v) is 9.78. The first-order chi connectivity index (χ1) is 12.7. The summed E-state index contributed by atoms with van der Waals surface area (Å²) in [6.07, 6.45) is 0. The highest BCUT2D eigenvalue weighted by Gasteiger charge is 2.59. The van der Waals surface area contributed by atoms with Gasteiger partial charge in [0.25, 0.3) is 5.91 Å². The maximum Gasteiger partial charge on any atom is 0.313 e. The van der Waals surface area contributed by atoms with Crippen LogP contribution < -0.4 is 0 Å². The molecule has 2 fully saturated rings. The molecule has 27 heavy (non-hydrogen) atoms. The fourth-order valence-electron chi connectivity index (χ4n) is 3.93. The number of rotatable bonds is 5. The molecule has 8 nitrogen and oxygen atoms in total. The molecule has 148 valence electrons. The molecule has 2 amide bonds. The minimum atomic E-state index is -1.11. The van der Waals surface area contributed by atoms with E-state index in [0.717, 1.165) is 5.01 Å². The zero-order valence-electron chi connectivity index (χ0n) is 16.0. The number of ether oxygens (including phenoxy) is 1. The van der Waals surface area contributed by atoms with E-state index in [1.807, 2.05) is 20.8 Å². The van der Waals surface area contributed by atoms with Crippen LogP contribution in [-0.2, 0) is 14.3 Å². The van der Waals surface area contributed by atoms with E-state index >= 15 is 0 Å². The van der Waals surface area contributed by atoms with Crippen LogP contribution in [0.5, 0.6) is 0 Å². The van der Waals surface area contributed by atoms with Crippen LogP contribution in [0.3, 0.4) is 0 Å². The Labute approximate surface area is 162 Å². The van der Waals surface area contributed by atoms with Crippen molar-refractivity contribution in [2.75, 3.05) is 39.9 Å². The molecule has 2 aliphatic rings. The van der Waals surface area contributed by atoms with Gasteiger partial charge in [-0.3, -0.25) is 14.4 Å². The van der Waals surface area contributed by atoms with E-state index in [-0.39, 0.29) is 43.3 Å². The first-order valence-electron chi connectivity index (χ1n) is 8.96. The second-order valence-electron chi connectivity index (χ2n) is 7.67. The van der Waals surface area contributed by atoms with E-state index in [9.17, 15) is 19.5 Å². The van der Waals surface area contributed by atoms with Crippen molar-refractivity contribution in [2.45, 2.75) is 26.7 Å². The monoisotopic (exact) mass is 395 g/mol. The molecule has 0 spiro atoms. The van der Waals surface area contributed by atoms with Gasteiger partial charge in [-0.1, -0.05) is 13.8 Å². The lowest BCUT2D eigenvalue weighted by molar-refractivity contribution is -0.149. The Bertz CT molecular complexity index is 777. The molecule has 0 aromatic carbocycles. The number of aliphatic carboxylic acids is 1. The van der Waals surface area contributed by atoms with Crippen molar-refractivity contribution in [3.8, 4) is 0 Å². The highest BCUT2D eigenvalue weighted by atomic mass is 32.1. The molecule has 1 N–H and O–H groups in total. The standard InChI is InChI=1S/C18H25N3O5S/c1-10(2)15-19-11(3)14(27-15)16(23)21-6-12-5-20(13(22)7-26-4)8-18(12,9-21)17(24)25/h10,12H,5-9H2,1-4H3,(H,24,25)/t12-,18-/m1/s1. The maximum absolute atomic E-state index is 13.0. The summed E-state index contributed by atoms with van der Waals surface area (Å²) >= 11 is 1.38. The van der Waals surface area contributed by atoms with Gasteiger partial charge in [0.05, 0.1) is 10.7 Å². The summed E-state index contributed by atoms with van der Waals surface area (Å²) in [6.45, 7) is 6.67. The second-order valence-corrected chi connectivity index (χ2v) is 8.70. The predicted molar refractivity (Wildman–Crippen MR) is 98.9 cm³/mol. The van der Waals surface area contributed by atoms with Gasteiger partial charge < -0.3 is 19.6 Å². The van der Waals surface area contributed by atoms with E-state index in [1.165, 1.54) is 18.4 Å². The van der Waals surface area contributed by atoms with Gasteiger partial charge in [-0.15, -0.1) is 11.3 Å². The quantitative estimate of drug-likeness (QED) is 0.804. The van der Waals surface area contributed by atoms with E-state index in [1.54, 1.807) is 9.80 Å². The highest BCUT2D eigenvalue weighted by Crippen LogP contribution is 2.43. The highest BCUT2D eigenvalue weighted by molar-refractivity contribution is 7.13. The lowest BCUT2D eigenvalue weighted by atomic mass is 9.81. The largest absolute Gasteiger partial charge is 0.481 e. The summed E-state index contributed by atoms with van der Waals surface area (Å²) in [5.41, 5.74) is -0.425. The molecule has 0 saturated carbocycles. The number of amides is 2. The molecule has 0 bridgehead atoms. The summed E-state index contributed by atoms with van der Waals surface area (Å²) < 4.78 is 4.87. The third kappa shape index (κ3) is 3.34. The number of carboxylic acid groups (broad SMARTS) is 1. The van der Waals surface area contributed by atoms with Crippen molar-refractivity contribution >= 4 is 29.1 Å². The summed E-state index contributed by atoms with van der Waals surface area (Å²) in [5, 5.41) is 10.8. The Morgan fingerprint density at radius 2 is 1.93 bits per heavy atom. The molecular weight excluding hydrogens is 370 g/mol. The number of carboxylic acids is 1. The van der Waals surface area contributed by atoms with Gasteiger partial charge in [0.2, 0.25) is 5.91 Å². The first kappa shape index (κ1) is 19.8. The van der Waals surface area contributed by atoms with Crippen LogP contribution in [0.15, 0.2) is 0 Å². The average Bonchev–Trinajstić information content (AvgIpc) is 3.24. The number of carbonyl (C=O) groups is 3. The topological polar surface area (TPSA) is 100 Å². The van der Waals surface area contributed by atoms with Crippen LogP contribution in [0.4, 0.5) is 0 Å². The number of aromatic nitrogens is 1. The van der Waals surface area contributed by atoms with Crippen molar-refractivity contribution in [1.29, 1.82) is 0 Å². The van der Waals surface area contributed by atoms with E-state index < -0.39 is 11.4 Å². The molecule has 2 aliphatic heterocycles. The number of carbonyl (C=O) groups excluding carboxylic acids is 2. The van der Waals surface area contributed by atoms with Crippen molar-refractivity contribution in [1.82, 2.24) is 14.8 Å². The number of likely N-dealkylation sites (tertiary alicyclic amines) is 2. The number of hydrogen-bond donors (Lipinski definition) is 1. The lowest BCUT2D eigenvalue weighted by Crippen LogP contribution is -2.43. The SMILES string of the molecule is COCC(=O)N1C[C@@H]2CN(C(=O)c3sc(C(C)C)nc3C)C[C@]2(C(=O)O)C1. The second kappa shape index (κ2) is 7.20. The van der Waals surface area contributed by atoms with Crippen molar-refractivity contribution < 1.29 is 24.2 Å². The number of fused-ring (bicyclic) bond motifs is 1. The number of nitrogens with zero attached hydrogens (tertiary/aromatic N) is 3. The molecule has 1 aromatic heterocycles. The molecule has 0 radical (unpaired) electrons. The van der Waals surface area contributed by atoms with Gasteiger partial charge in [-0.2, -0.15) is 0 Å². The molecule has 2 saturated heterocycles. The molecule has 1 aromatic rings. The fraction of sp³-hybridized carbons (Fsp3) is 0.667. The summed E-state index contributed by atoms with van der Waals surface area (Å²) in [7, 11) is 1.44. The van der Waals surface area contributed by atoms with Crippen LogP contribution in [0.2, 0.25) is 0 Å². The molecule has 3 heterocycles. The molecule has 9 heteroatoms. The average molecular weight is 395 g/mol. The lowest BCUT2D eigenvalue weighted by Gasteiger charge is -2.25. The number of methoxy groups -OCH3 is 1. The number of aryl methyl sites for hydroxylation is 1. The van der Waals surface area contributed by atoms with E-state index in [4.69, 9.17) is 4.74 Å². The van der Waals surface area contributed by atoms with E-state index in [2.05, 4.69) is 4.98 Å². The number of thiazole rings is 1. The van der Waals surface area contributed by atoms with Gasteiger partial charge in [0.1, 0.15) is 16.9 Å². The smallest absolute Gasteiger partial charge is 0.313 e. The van der Waals surface area contributed by atoms with Gasteiger partial charge in [-0.25, -0.2) is 4.98 Å². The molecule has 0 aliphatic carbocycles. The summed E-state index contributed by atoms with van der Waals surface area (Å²) in [5.74, 6) is -1.39. The Hall–Kier alpha value is -2.00. The van der Waals surface area contributed by atoms with Crippen molar-refractivity contribution in [2.24, 2.45) is 11.3 Å². The third-order valence-corrected chi connectivity index (χ3v) is 6.89. The Morgan fingerprint density at radius 3 is 2.44 bits per heavy atom. The Balaban J connectivity index is 1.80. The van der Waals surface area contributed by atoms with Crippen LogP contribution in [0.25, 0.3) is 0 Å². The van der Waals surface area contributed by atoms with Crippen molar-refractivity contribution in [3.63, 3.8) is 0 Å². The normalized spacial score (nSPS) is 24.6. The zero-order chi connectivity index (χ0) is 19.9. The fourth-order valence-corrected chi connectivity index (χ4v) is 4.97. The minimum Gasteiger partial charge on any atom is -0.481 e.